The minimum Gasteiger partial charge on any atom is -0.390 e. The molecule has 1 aliphatic heterocycles. The lowest BCUT2D eigenvalue weighted by Crippen LogP contribution is -2.52. The molecule has 1 aromatic rings. The van der Waals surface area contributed by atoms with Crippen molar-refractivity contribution in [3.8, 4) is 0 Å². The maximum Gasteiger partial charge on any atom is 0.243 e. The van der Waals surface area contributed by atoms with Crippen LogP contribution in [0.5, 0.6) is 0 Å². The summed E-state index contributed by atoms with van der Waals surface area (Å²) in [6.45, 7) is 2.46. The van der Waals surface area contributed by atoms with Gasteiger partial charge in [0.15, 0.2) is 0 Å². The molecule has 3 unspecified atom stereocenters. The number of hydrogen-bond donors (Lipinski definition) is 2. The number of nitrogens with zero attached hydrogens (tertiary/aromatic N) is 1. The molecular formula is C24H33FN2O4S. The Morgan fingerprint density at radius 2 is 1.81 bits per heavy atom. The number of sulfonamides is 1. The average Bonchev–Trinajstić information content (AvgIpc) is 2.92. The molecule has 3 bridgehead atoms. The van der Waals surface area contributed by atoms with Gasteiger partial charge >= 0.3 is 0 Å². The number of piperidine rings is 1. The molecule has 2 N–H and O–H groups in total. The van der Waals surface area contributed by atoms with Crippen LogP contribution in [-0.2, 0) is 14.8 Å². The summed E-state index contributed by atoms with van der Waals surface area (Å²) in [6.07, 6.45) is 6.67. The van der Waals surface area contributed by atoms with E-state index in [0.717, 1.165) is 44.2 Å². The van der Waals surface area contributed by atoms with Gasteiger partial charge in [-0.15, -0.1) is 0 Å². The number of rotatable bonds is 4. The SMILES string of the molecule is CC1(C(=O)NC2CC[C@H]3C[C@@H]4CC(O)(CC24)C3)CCN(S(=O)(=O)c2ccc(F)cc2)CC1. The zero-order valence-corrected chi connectivity index (χ0v) is 19.4. The lowest BCUT2D eigenvalue weighted by molar-refractivity contribution is -0.133. The lowest BCUT2D eigenvalue weighted by Gasteiger charge is -2.39. The highest BCUT2D eigenvalue weighted by Gasteiger charge is 2.54. The van der Waals surface area contributed by atoms with Gasteiger partial charge in [0.25, 0.3) is 0 Å². The Bertz CT molecular complexity index is 990. The second kappa shape index (κ2) is 7.77. The van der Waals surface area contributed by atoms with Crippen LogP contribution in [-0.4, -0.2) is 48.5 Å². The van der Waals surface area contributed by atoms with Gasteiger partial charge < -0.3 is 10.4 Å². The van der Waals surface area contributed by atoms with Gasteiger partial charge in [-0.3, -0.25) is 4.79 Å². The van der Waals surface area contributed by atoms with Gasteiger partial charge in [-0.05, 0) is 93.4 Å². The summed E-state index contributed by atoms with van der Waals surface area (Å²) < 4.78 is 40.4. The first-order valence-electron chi connectivity index (χ1n) is 11.9. The van der Waals surface area contributed by atoms with Crippen molar-refractivity contribution < 1.29 is 22.7 Å². The van der Waals surface area contributed by atoms with Crippen LogP contribution in [0, 0.1) is 29.0 Å². The highest BCUT2D eigenvalue weighted by molar-refractivity contribution is 7.89. The van der Waals surface area contributed by atoms with Crippen molar-refractivity contribution in [3.63, 3.8) is 0 Å². The van der Waals surface area contributed by atoms with Crippen LogP contribution < -0.4 is 5.32 Å². The first-order chi connectivity index (χ1) is 15.1. The first kappa shape index (κ1) is 22.3. The quantitative estimate of drug-likeness (QED) is 0.717. The van der Waals surface area contributed by atoms with Crippen molar-refractivity contribution in [2.45, 2.75) is 74.8 Å². The smallest absolute Gasteiger partial charge is 0.243 e. The van der Waals surface area contributed by atoms with Crippen molar-refractivity contribution in [2.75, 3.05) is 13.1 Å². The average molecular weight is 465 g/mol. The molecule has 5 rings (SSSR count). The number of carbonyl (C=O) groups excluding carboxylic acids is 1. The van der Waals surface area contributed by atoms with Crippen LogP contribution in [0.25, 0.3) is 0 Å². The molecule has 3 saturated carbocycles. The molecule has 4 aliphatic rings. The predicted octanol–water partition coefficient (Wildman–Crippen LogP) is 3.06. The molecule has 1 amide bonds. The zero-order chi connectivity index (χ0) is 22.7. The lowest BCUT2D eigenvalue weighted by atomic mass is 9.77. The first-order valence-corrected chi connectivity index (χ1v) is 13.3. The molecule has 0 spiro atoms. The number of aliphatic hydroxyl groups is 1. The maximum absolute atomic E-state index is 13.3. The summed E-state index contributed by atoms with van der Waals surface area (Å²) in [5.41, 5.74) is -1.15. The van der Waals surface area contributed by atoms with E-state index in [4.69, 9.17) is 0 Å². The number of carbonyl (C=O) groups is 1. The molecule has 5 atom stereocenters. The van der Waals surface area contributed by atoms with Gasteiger partial charge in [0.05, 0.1) is 10.5 Å². The van der Waals surface area contributed by atoms with E-state index in [2.05, 4.69) is 5.32 Å². The fourth-order valence-electron chi connectivity index (χ4n) is 6.85. The third kappa shape index (κ3) is 3.88. The van der Waals surface area contributed by atoms with Crippen molar-refractivity contribution in [3.05, 3.63) is 30.1 Å². The minimum atomic E-state index is -3.70. The predicted molar refractivity (Wildman–Crippen MR) is 118 cm³/mol. The summed E-state index contributed by atoms with van der Waals surface area (Å²) >= 11 is 0. The van der Waals surface area contributed by atoms with Gasteiger partial charge in [-0.25, -0.2) is 12.8 Å². The third-order valence-corrected chi connectivity index (χ3v) is 10.6. The Hall–Kier alpha value is -1.51. The van der Waals surface area contributed by atoms with Crippen LogP contribution >= 0.6 is 0 Å². The summed E-state index contributed by atoms with van der Waals surface area (Å²) in [7, 11) is -3.70. The highest BCUT2D eigenvalue weighted by atomic mass is 32.2. The van der Waals surface area contributed by atoms with Crippen LogP contribution in [0.4, 0.5) is 4.39 Å². The number of hydrogen-bond acceptors (Lipinski definition) is 4. The largest absolute Gasteiger partial charge is 0.390 e. The van der Waals surface area contributed by atoms with Crippen LogP contribution in [0.1, 0.15) is 58.3 Å². The van der Waals surface area contributed by atoms with E-state index in [-0.39, 0.29) is 29.9 Å². The molecule has 6 nitrogen and oxygen atoms in total. The standard InChI is InChI=1S/C24H33FN2O4S/c1-23(8-10-27(11-9-23)32(30,31)19-5-3-18(25)4-6-19)22(28)26-21-7-2-16-12-17-14-24(29,13-16)15-20(17)21/h3-6,16-17,20-21,29H,2,7-15H2,1H3,(H,26,28)/t16-,17+,20?,21?,24?/m0/s1. The maximum atomic E-state index is 13.3. The molecule has 0 radical (unpaired) electrons. The Kier molecular flexibility index (Phi) is 5.42. The number of benzene rings is 1. The molecule has 1 aromatic carbocycles. The fraction of sp³-hybridized carbons (Fsp3) is 0.708. The molecule has 32 heavy (non-hydrogen) atoms. The van der Waals surface area contributed by atoms with Crippen LogP contribution in [0.15, 0.2) is 29.2 Å². The number of halogens is 1. The number of fused-ring (bicyclic) bond motifs is 2. The van der Waals surface area contributed by atoms with E-state index in [9.17, 15) is 22.7 Å². The fourth-order valence-corrected chi connectivity index (χ4v) is 8.29. The topological polar surface area (TPSA) is 86.7 Å². The Morgan fingerprint density at radius 3 is 2.50 bits per heavy atom. The molecular weight excluding hydrogens is 431 g/mol. The van der Waals surface area contributed by atoms with E-state index < -0.39 is 26.9 Å². The van der Waals surface area contributed by atoms with Gasteiger partial charge in [-0.1, -0.05) is 6.92 Å². The van der Waals surface area contributed by atoms with Crippen LogP contribution in [0.3, 0.4) is 0 Å². The summed E-state index contributed by atoms with van der Waals surface area (Å²) in [5, 5.41) is 14.2. The van der Waals surface area contributed by atoms with Gasteiger partial charge in [0.1, 0.15) is 5.82 Å². The molecule has 0 aromatic heterocycles. The third-order valence-electron chi connectivity index (χ3n) is 8.71. The highest BCUT2D eigenvalue weighted by Crippen LogP contribution is 2.55. The molecule has 4 fully saturated rings. The van der Waals surface area contributed by atoms with E-state index in [1.165, 1.54) is 22.9 Å². The van der Waals surface area contributed by atoms with E-state index >= 15 is 0 Å². The minimum absolute atomic E-state index is 0.00884. The monoisotopic (exact) mass is 464 g/mol. The van der Waals surface area contributed by atoms with Crippen molar-refractivity contribution in [1.29, 1.82) is 0 Å². The van der Waals surface area contributed by atoms with Crippen molar-refractivity contribution in [2.24, 2.45) is 23.2 Å². The van der Waals surface area contributed by atoms with E-state index in [0.29, 0.717) is 30.6 Å². The number of nitrogens with one attached hydrogen (secondary N) is 1. The van der Waals surface area contributed by atoms with E-state index in [1.807, 2.05) is 6.92 Å². The van der Waals surface area contributed by atoms with Crippen LogP contribution in [0.2, 0.25) is 0 Å². The normalized spacial score (nSPS) is 36.6. The Labute approximate surface area is 189 Å². The molecule has 1 saturated heterocycles. The number of amides is 1. The summed E-state index contributed by atoms with van der Waals surface area (Å²) in [4.78, 5) is 13.4. The van der Waals surface area contributed by atoms with Gasteiger partial charge in [0.2, 0.25) is 15.9 Å². The van der Waals surface area contributed by atoms with E-state index in [1.54, 1.807) is 0 Å². The summed E-state index contributed by atoms with van der Waals surface area (Å²) in [6, 6.07) is 4.97. The van der Waals surface area contributed by atoms with Gasteiger partial charge in [-0.2, -0.15) is 4.31 Å². The van der Waals surface area contributed by atoms with Crippen molar-refractivity contribution in [1.82, 2.24) is 9.62 Å². The molecule has 8 heteroatoms. The van der Waals surface area contributed by atoms with Gasteiger partial charge in [0, 0.05) is 24.5 Å². The second-order valence-electron chi connectivity index (χ2n) is 10.9. The molecule has 1 heterocycles. The molecule has 176 valence electrons. The Morgan fingerprint density at radius 1 is 1.12 bits per heavy atom. The second-order valence-corrected chi connectivity index (χ2v) is 12.9. The Balaban J connectivity index is 1.23. The zero-order valence-electron chi connectivity index (χ0n) is 18.6. The van der Waals surface area contributed by atoms with Crippen molar-refractivity contribution >= 4 is 15.9 Å². The molecule has 3 aliphatic carbocycles. The summed E-state index contributed by atoms with van der Waals surface area (Å²) in [5.74, 6) is 0.955.